The van der Waals surface area contributed by atoms with Crippen molar-refractivity contribution in [2.24, 2.45) is 12.0 Å². The van der Waals surface area contributed by atoms with E-state index in [1.807, 2.05) is 37.1 Å². The van der Waals surface area contributed by atoms with Gasteiger partial charge in [-0.15, -0.1) is 24.0 Å². The van der Waals surface area contributed by atoms with Gasteiger partial charge in [0.1, 0.15) is 0 Å². The van der Waals surface area contributed by atoms with Crippen molar-refractivity contribution >= 4 is 41.5 Å². The number of aliphatic imine (C=N–C) groups is 1. The van der Waals surface area contributed by atoms with Crippen LogP contribution in [0.3, 0.4) is 0 Å². The summed E-state index contributed by atoms with van der Waals surface area (Å²) in [7, 11) is 3.84. The Morgan fingerprint density at radius 3 is 2.83 bits per heavy atom. The average molecular weight is 544 g/mol. The molecule has 164 valence electrons. The number of aryl methyl sites for hydroxylation is 1. The molecule has 1 atom stereocenters. The third kappa shape index (κ3) is 5.11. The molecule has 0 radical (unpaired) electrons. The van der Waals surface area contributed by atoms with E-state index in [0.29, 0.717) is 5.92 Å². The number of nitrogens with zero attached hydrogens (tertiary/aromatic N) is 4. The summed E-state index contributed by atoms with van der Waals surface area (Å²) in [5.74, 6) is 1.48. The van der Waals surface area contributed by atoms with Crippen LogP contribution in [0.15, 0.2) is 41.7 Å². The van der Waals surface area contributed by atoms with E-state index in [0.717, 1.165) is 63.1 Å². The summed E-state index contributed by atoms with van der Waals surface area (Å²) in [5, 5.41) is 8.79. The maximum atomic E-state index is 6.31. The van der Waals surface area contributed by atoms with E-state index in [1.54, 1.807) is 0 Å². The van der Waals surface area contributed by atoms with Gasteiger partial charge in [0.15, 0.2) is 5.96 Å². The molecule has 1 unspecified atom stereocenters. The highest BCUT2D eigenvalue weighted by molar-refractivity contribution is 14.0. The fraction of sp³-hybridized carbons (Fsp3) is 0.545. The first-order valence-electron chi connectivity index (χ1n) is 10.4. The van der Waals surface area contributed by atoms with E-state index >= 15 is 0 Å². The Bertz CT molecular complexity index is 865. The molecule has 2 aliphatic rings. The Kier molecular flexibility index (Phi) is 8.04. The quantitative estimate of drug-likeness (QED) is 0.362. The topological polar surface area (TPSA) is 54.7 Å². The van der Waals surface area contributed by atoms with Gasteiger partial charge in [-0.05, 0) is 42.5 Å². The molecule has 4 rings (SSSR count). The monoisotopic (exact) mass is 543 g/mol. The number of likely N-dealkylation sites (tertiary alicyclic amines) is 1. The largest absolute Gasteiger partial charge is 0.381 e. The van der Waals surface area contributed by atoms with Crippen molar-refractivity contribution in [1.82, 2.24) is 20.0 Å². The molecule has 0 amide bonds. The van der Waals surface area contributed by atoms with Crippen molar-refractivity contribution in [2.75, 3.05) is 39.9 Å². The number of hydrogen-bond donors (Lipinski definition) is 1. The summed E-state index contributed by atoms with van der Waals surface area (Å²) in [6.45, 7) is 4.36. The van der Waals surface area contributed by atoms with Gasteiger partial charge in [-0.25, -0.2) is 0 Å². The minimum absolute atomic E-state index is 0. The van der Waals surface area contributed by atoms with Crippen LogP contribution >= 0.6 is 35.6 Å². The van der Waals surface area contributed by atoms with Gasteiger partial charge >= 0.3 is 0 Å². The number of hydrogen-bond acceptors (Lipinski definition) is 3. The molecule has 30 heavy (non-hydrogen) atoms. The van der Waals surface area contributed by atoms with Gasteiger partial charge in [-0.2, -0.15) is 5.10 Å². The van der Waals surface area contributed by atoms with Gasteiger partial charge in [0.2, 0.25) is 0 Å². The molecule has 2 aromatic rings. The Balaban J connectivity index is 0.00000256. The van der Waals surface area contributed by atoms with E-state index in [9.17, 15) is 0 Å². The lowest BCUT2D eigenvalue weighted by molar-refractivity contribution is 0.0512. The molecule has 0 spiro atoms. The third-order valence-corrected chi connectivity index (χ3v) is 6.60. The Labute approximate surface area is 201 Å². The van der Waals surface area contributed by atoms with E-state index in [2.05, 4.69) is 38.6 Å². The standard InChI is InChI=1S/C22H30ClN5O.HI/c1-24-21(28-9-6-17(15-28)18-13-26-27(2)14-18)25-16-22(7-10-29-11-8-22)19-4-3-5-20(23)12-19;/h3-5,12-14,17H,6-11,15-16H2,1-2H3,(H,24,25);1H. The Morgan fingerprint density at radius 1 is 1.37 bits per heavy atom. The summed E-state index contributed by atoms with van der Waals surface area (Å²) in [4.78, 5) is 6.95. The first-order chi connectivity index (χ1) is 14.1. The summed E-state index contributed by atoms with van der Waals surface area (Å²) >= 11 is 6.31. The lowest BCUT2D eigenvalue weighted by Crippen LogP contribution is -2.48. The first-order valence-corrected chi connectivity index (χ1v) is 10.8. The molecule has 1 N–H and O–H groups in total. The van der Waals surface area contributed by atoms with Gasteiger partial charge in [0, 0.05) is 69.5 Å². The third-order valence-electron chi connectivity index (χ3n) is 6.37. The van der Waals surface area contributed by atoms with Crippen LogP contribution < -0.4 is 5.32 Å². The highest BCUT2D eigenvalue weighted by Crippen LogP contribution is 2.35. The van der Waals surface area contributed by atoms with Crippen molar-refractivity contribution in [1.29, 1.82) is 0 Å². The predicted molar refractivity (Wildman–Crippen MR) is 132 cm³/mol. The second-order valence-corrected chi connectivity index (χ2v) is 8.62. The summed E-state index contributed by atoms with van der Waals surface area (Å²) < 4.78 is 7.55. The highest BCUT2D eigenvalue weighted by atomic mass is 127. The molecule has 3 heterocycles. The van der Waals surface area contributed by atoms with Gasteiger partial charge in [-0.3, -0.25) is 9.67 Å². The van der Waals surface area contributed by atoms with Gasteiger partial charge < -0.3 is 15.0 Å². The zero-order valence-electron chi connectivity index (χ0n) is 17.7. The van der Waals surface area contributed by atoms with E-state index < -0.39 is 0 Å². The normalized spacial score (nSPS) is 21.4. The van der Waals surface area contributed by atoms with Crippen LogP contribution in [-0.4, -0.2) is 60.5 Å². The number of aromatic nitrogens is 2. The molecule has 6 nitrogen and oxygen atoms in total. The highest BCUT2D eigenvalue weighted by Gasteiger charge is 2.36. The minimum Gasteiger partial charge on any atom is -0.381 e. The molecule has 2 fully saturated rings. The smallest absolute Gasteiger partial charge is 0.193 e. The second-order valence-electron chi connectivity index (χ2n) is 8.18. The molecule has 0 aliphatic carbocycles. The zero-order chi connectivity index (χ0) is 20.3. The van der Waals surface area contributed by atoms with Crippen molar-refractivity contribution in [2.45, 2.75) is 30.6 Å². The number of benzene rings is 1. The summed E-state index contributed by atoms with van der Waals surface area (Å²) in [6.07, 6.45) is 7.20. The maximum Gasteiger partial charge on any atom is 0.193 e. The number of guanidine groups is 1. The van der Waals surface area contributed by atoms with Crippen LogP contribution in [-0.2, 0) is 17.2 Å². The predicted octanol–water partition coefficient (Wildman–Crippen LogP) is 3.80. The van der Waals surface area contributed by atoms with Gasteiger partial charge in [0.25, 0.3) is 0 Å². The van der Waals surface area contributed by atoms with Gasteiger partial charge in [-0.1, -0.05) is 23.7 Å². The minimum atomic E-state index is 0. The number of ether oxygens (including phenoxy) is 1. The lowest BCUT2D eigenvalue weighted by atomic mass is 9.74. The van der Waals surface area contributed by atoms with E-state index in [4.69, 9.17) is 16.3 Å². The molecule has 1 aromatic carbocycles. The summed E-state index contributed by atoms with van der Waals surface area (Å²) in [5.41, 5.74) is 2.61. The molecule has 0 bridgehead atoms. The first kappa shape index (κ1) is 23.3. The van der Waals surface area contributed by atoms with Crippen molar-refractivity contribution in [3.8, 4) is 0 Å². The second kappa shape index (κ2) is 10.3. The number of halogens is 2. The number of nitrogens with one attached hydrogen (secondary N) is 1. The SMILES string of the molecule is CN=C(NCC1(c2cccc(Cl)c2)CCOCC1)N1CCC(c2cnn(C)c2)C1.I. The Hall–Kier alpha value is -1.32. The fourth-order valence-corrected chi connectivity index (χ4v) is 4.79. The number of rotatable bonds is 4. The lowest BCUT2D eigenvalue weighted by Gasteiger charge is -2.39. The fourth-order valence-electron chi connectivity index (χ4n) is 4.60. The average Bonchev–Trinajstić information content (AvgIpc) is 3.38. The van der Waals surface area contributed by atoms with Crippen LogP contribution in [0.2, 0.25) is 5.02 Å². The van der Waals surface area contributed by atoms with E-state index in [1.165, 1.54) is 11.1 Å². The van der Waals surface area contributed by atoms with Crippen molar-refractivity contribution in [3.05, 3.63) is 52.8 Å². The maximum absolute atomic E-state index is 6.31. The van der Waals surface area contributed by atoms with Gasteiger partial charge in [0.05, 0.1) is 6.20 Å². The van der Waals surface area contributed by atoms with Crippen LogP contribution in [0.25, 0.3) is 0 Å². The van der Waals surface area contributed by atoms with Crippen LogP contribution in [0.4, 0.5) is 0 Å². The van der Waals surface area contributed by atoms with Crippen LogP contribution in [0.5, 0.6) is 0 Å². The molecule has 2 aliphatic heterocycles. The van der Waals surface area contributed by atoms with Crippen LogP contribution in [0, 0.1) is 0 Å². The summed E-state index contributed by atoms with van der Waals surface area (Å²) in [6, 6.07) is 8.28. The molecular formula is C22H31ClIN5O. The van der Waals surface area contributed by atoms with Crippen molar-refractivity contribution < 1.29 is 4.74 Å². The molecule has 1 aromatic heterocycles. The van der Waals surface area contributed by atoms with Crippen LogP contribution in [0.1, 0.15) is 36.3 Å². The molecule has 8 heteroatoms. The van der Waals surface area contributed by atoms with Crippen molar-refractivity contribution in [3.63, 3.8) is 0 Å². The van der Waals surface area contributed by atoms with E-state index in [-0.39, 0.29) is 29.4 Å². The molecule has 2 saturated heterocycles. The molecular weight excluding hydrogens is 513 g/mol. The Morgan fingerprint density at radius 2 is 2.17 bits per heavy atom. The zero-order valence-corrected chi connectivity index (χ0v) is 20.8. The molecule has 0 saturated carbocycles.